The van der Waals surface area contributed by atoms with Gasteiger partial charge in [-0.1, -0.05) is 54.1 Å². The number of aromatic nitrogens is 3. The molecule has 216 valence electrons. The molecule has 1 amide bonds. The molecule has 0 atom stereocenters. The number of halogens is 1. The molecule has 3 aromatic carbocycles. The van der Waals surface area contributed by atoms with Crippen LogP contribution in [0, 0.1) is 5.41 Å². The van der Waals surface area contributed by atoms with Crippen molar-refractivity contribution in [2.24, 2.45) is 5.73 Å². The summed E-state index contributed by atoms with van der Waals surface area (Å²) in [5.41, 5.74) is 8.91. The van der Waals surface area contributed by atoms with E-state index in [0.29, 0.717) is 67.5 Å². The quantitative estimate of drug-likeness (QED) is 0.165. The van der Waals surface area contributed by atoms with Crippen LogP contribution in [0.15, 0.2) is 78.9 Å². The summed E-state index contributed by atoms with van der Waals surface area (Å²) in [6.45, 7) is 3.13. The van der Waals surface area contributed by atoms with Crippen LogP contribution in [0.5, 0.6) is 6.01 Å². The second kappa shape index (κ2) is 13.6. The molecule has 5 N–H and O–H groups in total. The van der Waals surface area contributed by atoms with Crippen molar-refractivity contribution < 1.29 is 9.53 Å². The zero-order valence-electron chi connectivity index (χ0n) is 23.0. The second-order valence-electron chi connectivity index (χ2n) is 9.74. The summed E-state index contributed by atoms with van der Waals surface area (Å²) >= 11 is 6.01. The molecule has 0 unspecified atom stereocenters. The van der Waals surface area contributed by atoms with Crippen LogP contribution in [0.2, 0.25) is 5.02 Å². The van der Waals surface area contributed by atoms with Gasteiger partial charge in [0.1, 0.15) is 6.61 Å². The molecule has 2 heterocycles. The van der Waals surface area contributed by atoms with Crippen molar-refractivity contribution in [3.05, 3.63) is 101 Å². The molecular weight excluding hydrogens is 554 g/mol. The zero-order valence-corrected chi connectivity index (χ0v) is 23.7. The fraction of sp³-hybridized carbons (Fsp3) is 0.233. The molecule has 0 bridgehead atoms. The average Bonchev–Trinajstić information content (AvgIpc) is 3.27. The smallest absolute Gasteiger partial charge is 0.323 e. The molecule has 0 radical (unpaired) electrons. The predicted octanol–water partition coefficient (Wildman–Crippen LogP) is 4.50. The second-order valence-corrected chi connectivity index (χ2v) is 10.2. The first-order chi connectivity index (χ1) is 20.4. The Morgan fingerprint density at radius 3 is 2.29 bits per heavy atom. The van der Waals surface area contributed by atoms with Gasteiger partial charge in [0.25, 0.3) is 5.91 Å². The van der Waals surface area contributed by atoms with Crippen molar-refractivity contribution in [2.45, 2.75) is 19.6 Å². The minimum atomic E-state index is -0.0580. The average molecular weight is 586 g/mol. The van der Waals surface area contributed by atoms with Crippen LogP contribution >= 0.6 is 11.6 Å². The monoisotopic (exact) mass is 585 g/mol. The van der Waals surface area contributed by atoms with E-state index in [1.54, 1.807) is 21.9 Å². The first-order valence-corrected chi connectivity index (χ1v) is 14.0. The molecule has 1 saturated heterocycles. The Balaban J connectivity index is 1.28. The van der Waals surface area contributed by atoms with Crippen molar-refractivity contribution in [3.8, 4) is 6.01 Å². The van der Waals surface area contributed by atoms with E-state index in [0.717, 1.165) is 17.5 Å². The van der Waals surface area contributed by atoms with Gasteiger partial charge in [-0.3, -0.25) is 10.2 Å². The van der Waals surface area contributed by atoms with Crippen LogP contribution in [-0.2, 0) is 13.2 Å². The number of carbonyl (C=O) groups excluding carboxylic acids is 1. The Morgan fingerprint density at radius 1 is 0.857 bits per heavy atom. The number of anilines is 3. The summed E-state index contributed by atoms with van der Waals surface area (Å²) < 4.78 is 5.89. The maximum absolute atomic E-state index is 13.1. The van der Waals surface area contributed by atoms with Gasteiger partial charge < -0.3 is 30.9 Å². The van der Waals surface area contributed by atoms with Gasteiger partial charge in [-0.05, 0) is 53.9 Å². The highest BCUT2D eigenvalue weighted by Crippen LogP contribution is 2.20. The minimum Gasteiger partial charge on any atom is -0.458 e. The van der Waals surface area contributed by atoms with Gasteiger partial charge in [-0.25, -0.2) is 0 Å². The Bertz CT molecular complexity index is 1500. The van der Waals surface area contributed by atoms with Gasteiger partial charge in [0.15, 0.2) is 5.96 Å². The fourth-order valence-electron chi connectivity index (χ4n) is 4.43. The molecule has 0 saturated carbocycles. The van der Waals surface area contributed by atoms with E-state index in [2.05, 4.69) is 25.6 Å². The van der Waals surface area contributed by atoms with E-state index in [1.807, 2.05) is 66.7 Å². The van der Waals surface area contributed by atoms with Crippen LogP contribution in [0.3, 0.4) is 0 Å². The molecule has 12 heteroatoms. The molecule has 1 aliphatic heterocycles. The van der Waals surface area contributed by atoms with Crippen LogP contribution < -0.4 is 21.1 Å². The molecule has 5 rings (SSSR count). The summed E-state index contributed by atoms with van der Waals surface area (Å²) in [5, 5.41) is 14.7. The number of nitrogens with one attached hydrogen (secondary N) is 3. The first kappa shape index (κ1) is 28.6. The Hall–Kier alpha value is -4.90. The molecule has 4 aromatic rings. The van der Waals surface area contributed by atoms with E-state index >= 15 is 0 Å². The lowest BCUT2D eigenvalue weighted by atomic mass is 10.1. The van der Waals surface area contributed by atoms with Crippen LogP contribution in [0.25, 0.3) is 0 Å². The molecule has 1 aromatic heterocycles. The summed E-state index contributed by atoms with van der Waals surface area (Å²) in [6.07, 6.45) is 0.757. The highest BCUT2D eigenvalue weighted by atomic mass is 35.5. The molecule has 1 aliphatic rings. The number of nitrogens with two attached hydrogens (primary N) is 1. The molecular formula is C30H32ClN9O2. The standard InChI is InChI=1S/C30H32ClN9O2/c31-24-11-7-21(8-12-24)19-34-28-36-29(38-30(37-28)42-20-22-5-2-1-3-6-22)35-25-13-9-23(10-14-25)26(41)39-15-4-16-40(18-17-39)27(32)33/h1-3,5-14H,4,15-20H2,(H3,32,33)(H2,34,35,36,37,38). The van der Waals surface area contributed by atoms with E-state index in [9.17, 15) is 4.79 Å². The van der Waals surface area contributed by atoms with Gasteiger partial charge in [-0.2, -0.15) is 15.0 Å². The Labute approximate surface area is 249 Å². The number of hydrogen-bond donors (Lipinski definition) is 4. The minimum absolute atomic E-state index is 0.0371. The van der Waals surface area contributed by atoms with Crippen molar-refractivity contribution >= 4 is 41.1 Å². The molecule has 42 heavy (non-hydrogen) atoms. The summed E-state index contributed by atoms with van der Waals surface area (Å²) in [5.74, 6) is 0.619. The SMILES string of the molecule is N=C(N)N1CCCN(C(=O)c2ccc(Nc3nc(NCc4ccc(Cl)cc4)nc(OCc4ccccc4)n3)cc2)CC1. The van der Waals surface area contributed by atoms with E-state index < -0.39 is 0 Å². The summed E-state index contributed by atoms with van der Waals surface area (Å²) in [7, 11) is 0. The number of benzene rings is 3. The molecule has 1 fully saturated rings. The summed E-state index contributed by atoms with van der Waals surface area (Å²) in [6, 6.07) is 24.6. The molecule has 0 aliphatic carbocycles. The number of carbonyl (C=O) groups is 1. The highest BCUT2D eigenvalue weighted by molar-refractivity contribution is 6.30. The van der Waals surface area contributed by atoms with E-state index in [1.165, 1.54) is 0 Å². The highest BCUT2D eigenvalue weighted by Gasteiger charge is 2.21. The van der Waals surface area contributed by atoms with Gasteiger partial charge in [0.05, 0.1) is 0 Å². The van der Waals surface area contributed by atoms with E-state index in [-0.39, 0.29) is 17.9 Å². The van der Waals surface area contributed by atoms with Crippen molar-refractivity contribution in [2.75, 3.05) is 36.8 Å². The topological polar surface area (TPSA) is 145 Å². The maximum atomic E-state index is 13.1. The van der Waals surface area contributed by atoms with Crippen molar-refractivity contribution in [3.63, 3.8) is 0 Å². The lowest BCUT2D eigenvalue weighted by molar-refractivity contribution is 0.0764. The normalized spacial score (nSPS) is 13.3. The van der Waals surface area contributed by atoms with Crippen LogP contribution in [0.1, 0.15) is 27.9 Å². The fourth-order valence-corrected chi connectivity index (χ4v) is 4.56. The molecule has 11 nitrogen and oxygen atoms in total. The number of rotatable bonds is 9. The van der Waals surface area contributed by atoms with Crippen LogP contribution in [0.4, 0.5) is 17.6 Å². The third kappa shape index (κ3) is 7.85. The van der Waals surface area contributed by atoms with Gasteiger partial charge in [0, 0.05) is 49.0 Å². The first-order valence-electron chi connectivity index (χ1n) is 13.6. The third-order valence-corrected chi connectivity index (χ3v) is 6.95. The number of ether oxygens (including phenoxy) is 1. The Morgan fingerprint density at radius 2 is 1.55 bits per heavy atom. The van der Waals surface area contributed by atoms with Gasteiger partial charge >= 0.3 is 6.01 Å². The number of guanidine groups is 1. The number of nitrogens with zero attached hydrogens (tertiary/aromatic N) is 5. The number of hydrogen-bond acceptors (Lipinski definition) is 8. The van der Waals surface area contributed by atoms with Crippen LogP contribution in [-0.4, -0.2) is 62.8 Å². The molecule has 0 spiro atoms. The lowest BCUT2D eigenvalue weighted by Crippen LogP contribution is -2.40. The summed E-state index contributed by atoms with van der Waals surface area (Å²) in [4.78, 5) is 30.1. The van der Waals surface area contributed by atoms with Crippen molar-refractivity contribution in [1.29, 1.82) is 5.41 Å². The number of amides is 1. The maximum Gasteiger partial charge on any atom is 0.323 e. The zero-order chi connectivity index (χ0) is 29.3. The largest absolute Gasteiger partial charge is 0.458 e. The van der Waals surface area contributed by atoms with Crippen molar-refractivity contribution in [1.82, 2.24) is 24.8 Å². The van der Waals surface area contributed by atoms with E-state index in [4.69, 9.17) is 27.5 Å². The Kier molecular flexibility index (Phi) is 9.30. The van der Waals surface area contributed by atoms with Gasteiger partial charge in [0.2, 0.25) is 11.9 Å². The van der Waals surface area contributed by atoms with Gasteiger partial charge in [-0.15, -0.1) is 0 Å². The lowest BCUT2D eigenvalue weighted by Gasteiger charge is -2.22. The third-order valence-electron chi connectivity index (χ3n) is 6.70. The predicted molar refractivity (Wildman–Crippen MR) is 163 cm³/mol.